The fraction of sp³-hybridized carbons (Fsp3) is 0.368. The molecule has 2 heterocycles. The first-order chi connectivity index (χ1) is 10.9. The summed E-state index contributed by atoms with van der Waals surface area (Å²) >= 11 is 0. The van der Waals surface area contributed by atoms with E-state index >= 15 is 0 Å². The number of pyridine rings is 1. The summed E-state index contributed by atoms with van der Waals surface area (Å²) in [5.74, 6) is -0.0119. The fourth-order valence-electron chi connectivity index (χ4n) is 3.37. The van der Waals surface area contributed by atoms with Crippen LogP contribution in [0.25, 0.3) is 21.8 Å². The number of benzene rings is 1. The highest BCUT2D eigenvalue weighted by molar-refractivity contribution is 6.09. The van der Waals surface area contributed by atoms with E-state index in [4.69, 9.17) is 0 Å². The minimum atomic E-state index is -0.0119. The van der Waals surface area contributed by atoms with Crippen molar-refractivity contribution in [3.63, 3.8) is 0 Å². The van der Waals surface area contributed by atoms with Gasteiger partial charge in [0.2, 0.25) is 0 Å². The molecule has 2 aromatic heterocycles. The van der Waals surface area contributed by atoms with Crippen LogP contribution in [0.5, 0.6) is 0 Å². The molecule has 3 aromatic rings. The van der Waals surface area contributed by atoms with E-state index in [0.29, 0.717) is 5.69 Å². The summed E-state index contributed by atoms with van der Waals surface area (Å²) < 4.78 is 2.12. The standard InChI is InChI=1S/C19H23N3O/c1-12(2)22(13(3)4)19(23)16-10-18-15(11-20-16)14-8-6-7-9-17(14)21(18)5/h6-13H,1-5H3. The molecule has 1 amide bonds. The van der Waals surface area contributed by atoms with Crippen molar-refractivity contribution in [3.8, 4) is 0 Å². The molecule has 4 nitrogen and oxygen atoms in total. The summed E-state index contributed by atoms with van der Waals surface area (Å²) in [6.45, 7) is 8.14. The molecule has 4 heteroatoms. The number of carbonyl (C=O) groups is 1. The van der Waals surface area contributed by atoms with E-state index in [0.717, 1.165) is 16.4 Å². The van der Waals surface area contributed by atoms with Gasteiger partial charge in [0.1, 0.15) is 5.69 Å². The third-order valence-electron chi connectivity index (χ3n) is 4.37. The summed E-state index contributed by atoms with van der Waals surface area (Å²) in [5.41, 5.74) is 2.70. The number of aryl methyl sites for hydroxylation is 1. The van der Waals surface area contributed by atoms with Crippen molar-refractivity contribution in [3.05, 3.63) is 42.2 Å². The van der Waals surface area contributed by atoms with Gasteiger partial charge in [0, 0.05) is 41.6 Å². The normalized spacial score (nSPS) is 11.8. The second-order valence-electron chi connectivity index (χ2n) is 6.56. The van der Waals surface area contributed by atoms with Gasteiger partial charge in [0.25, 0.3) is 5.91 Å². The molecule has 0 N–H and O–H groups in total. The smallest absolute Gasteiger partial charge is 0.272 e. The SMILES string of the molecule is CC(C)N(C(=O)c1cc2c(cn1)c1ccccc1n2C)C(C)C. The van der Waals surface area contributed by atoms with Crippen molar-refractivity contribution in [1.82, 2.24) is 14.5 Å². The molecule has 120 valence electrons. The average Bonchev–Trinajstić information content (AvgIpc) is 2.80. The van der Waals surface area contributed by atoms with Crippen molar-refractivity contribution < 1.29 is 4.79 Å². The van der Waals surface area contributed by atoms with Gasteiger partial charge in [0.15, 0.2) is 0 Å². The summed E-state index contributed by atoms with van der Waals surface area (Å²) in [6, 6.07) is 10.4. The number of hydrogen-bond acceptors (Lipinski definition) is 2. The van der Waals surface area contributed by atoms with Gasteiger partial charge in [-0.1, -0.05) is 18.2 Å². The van der Waals surface area contributed by atoms with Crippen LogP contribution in [0.3, 0.4) is 0 Å². The van der Waals surface area contributed by atoms with Crippen LogP contribution in [0.2, 0.25) is 0 Å². The van der Waals surface area contributed by atoms with Crippen LogP contribution in [0, 0.1) is 0 Å². The quantitative estimate of drug-likeness (QED) is 0.734. The van der Waals surface area contributed by atoms with E-state index in [1.807, 2.05) is 64.0 Å². The number of carbonyl (C=O) groups excluding carboxylic acids is 1. The monoisotopic (exact) mass is 309 g/mol. The summed E-state index contributed by atoms with van der Waals surface area (Å²) in [4.78, 5) is 19.2. The first kappa shape index (κ1) is 15.5. The molecule has 0 spiro atoms. The Morgan fingerprint density at radius 3 is 2.35 bits per heavy atom. The minimum Gasteiger partial charge on any atom is -0.343 e. The van der Waals surface area contributed by atoms with Crippen molar-refractivity contribution in [2.75, 3.05) is 0 Å². The van der Waals surface area contributed by atoms with E-state index in [2.05, 4.69) is 21.7 Å². The minimum absolute atomic E-state index is 0.0119. The van der Waals surface area contributed by atoms with Crippen LogP contribution >= 0.6 is 0 Å². The number of amides is 1. The third-order valence-corrected chi connectivity index (χ3v) is 4.37. The van der Waals surface area contributed by atoms with E-state index in [1.54, 1.807) is 0 Å². The lowest BCUT2D eigenvalue weighted by Crippen LogP contribution is -2.42. The van der Waals surface area contributed by atoms with Gasteiger partial charge >= 0.3 is 0 Å². The molecule has 0 unspecified atom stereocenters. The zero-order valence-corrected chi connectivity index (χ0v) is 14.4. The van der Waals surface area contributed by atoms with Gasteiger partial charge in [-0.3, -0.25) is 9.78 Å². The maximum absolute atomic E-state index is 12.9. The maximum atomic E-state index is 12.9. The Morgan fingerprint density at radius 1 is 1.04 bits per heavy atom. The number of fused-ring (bicyclic) bond motifs is 3. The summed E-state index contributed by atoms with van der Waals surface area (Å²) in [5, 5.41) is 2.25. The van der Waals surface area contributed by atoms with Gasteiger partial charge in [-0.2, -0.15) is 0 Å². The van der Waals surface area contributed by atoms with E-state index < -0.39 is 0 Å². The second-order valence-corrected chi connectivity index (χ2v) is 6.56. The van der Waals surface area contributed by atoms with Gasteiger partial charge < -0.3 is 9.47 Å². The Labute approximate surface area is 136 Å². The average molecular weight is 309 g/mol. The van der Waals surface area contributed by atoms with Crippen molar-refractivity contribution in [2.45, 2.75) is 39.8 Å². The molecule has 3 rings (SSSR count). The van der Waals surface area contributed by atoms with E-state index in [-0.39, 0.29) is 18.0 Å². The van der Waals surface area contributed by atoms with Crippen LogP contribution in [0.1, 0.15) is 38.2 Å². The number of para-hydroxylation sites is 1. The lowest BCUT2D eigenvalue weighted by molar-refractivity contribution is 0.0638. The number of nitrogens with zero attached hydrogens (tertiary/aromatic N) is 3. The Hall–Kier alpha value is -2.36. The Balaban J connectivity index is 2.15. The molecule has 0 radical (unpaired) electrons. The molecule has 0 atom stereocenters. The third kappa shape index (κ3) is 2.48. The molecule has 0 saturated heterocycles. The van der Waals surface area contributed by atoms with Crippen LogP contribution < -0.4 is 0 Å². The van der Waals surface area contributed by atoms with Crippen LogP contribution in [-0.2, 0) is 7.05 Å². The number of aromatic nitrogens is 2. The molecule has 0 aliphatic carbocycles. The molecule has 0 aliphatic rings. The maximum Gasteiger partial charge on any atom is 0.272 e. The van der Waals surface area contributed by atoms with Crippen LogP contribution in [0.4, 0.5) is 0 Å². The lowest BCUT2D eigenvalue weighted by Gasteiger charge is -2.30. The van der Waals surface area contributed by atoms with Gasteiger partial charge in [-0.05, 0) is 39.8 Å². The largest absolute Gasteiger partial charge is 0.343 e. The van der Waals surface area contributed by atoms with E-state index in [9.17, 15) is 4.79 Å². The first-order valence-electron chi connectivity index (χ1n) is 8.07. The fourth-order valence-corrected chi connectivity index (χ4v) is 3.37. The number of hydrogen-bond donors (Lipinski definition) is 0. The molecule has 1 aromatic carbocycles. The predicted molar refractivity (Wildman–Crippen MR) is 94.7 cm³/mol. The van der Waals surface area contributed by atoms with Crippen LogP contribution in [-0.4, -0.2) is 32.4 Å². The Bertz CT molecular complexity index is 869. The summed E-state index contributed by atoms with van der Waals surface area (Å²) in [7, 11) is 2.03. The first-order valence-corrected chi connectivity index (χ1v) is 8.07. The highest BCUT2D eigenvalue weighted by Gasteiger charge is 2.23. The lowest BCUT2D eigenvalue weighted by atomic mass is 10.1. The van der Waals surface area contributed by atoms with Crippen molar-refractivity contribution >= 4 is 27.7 Å². The molecule has 23 heavy (non-hydrogen) atoms. The molecule has 0 fully saturated rings. The Morgan fingerprint density at radius 2 is 1.70 bits per heavy atom. The molecule has 0 saturated carbocycles. The zero-order chi connectivity index (χ0) is 16.7. The summed E-state index contributed by atoms with van der Waals surface area (Å²) in [6.07, 6.45) is 1.82. The molecular formula is C19H23N3O. The van der Waals surface area contributed by atoms with E-state index in [1.165, 1.54) is 5.39 Å². The van der Waals surface area contributed by atoms with Crippen LogP contribution in [0.15, 0.2) is 36.5 Å². The Kier molecular flexibility index (Phi) is 3.84. The molecular weight excluding hydrogens is 286 g/mol. The zero-order valence-electron chi connectivity index (χ0n) is 14.4. The molecule has 0 aliphatic heterocycles. The number of rotatable bonds is 3. The van der Waals surface area contributed by atoms with Crippen molar-refractivity contribution in [1.29, 1.82) is 0 Å². The highest BCUT2D eigenvalue weighted by atomic mass is 16.2. The topological polar surface area (TPSA) is 38.1 Å². The molecule has 0 bridgehead atoms. The second kappa shape index (κ2) is 5.69. The van der Waals surface area contributed by atoms with Crippen molar-refractivity contribution in [2.24, 2.45) is 7.05 Å². The van der Waals surface area contributed by atoms with Gasteiger partial charge in [-0.25, -0.2) is 0 Å². The predicted octanol–water partition coefficient (Wildman–Crippen LogP) is 3.99. The van der Waals surface area contributed by atoms with Gasteiger partial charge in [0.05, 0.1) is 5.52 Å². The highest BCUT2D eigenvalue weighted by Crippen LogP contribution is 2.28. The van der Waals surface area contributed by atoms with Gasteiger partial charge in [-0.15, -0.1) is 0 Å².